The minimum absolute atomic E-state index is 0.0253. The molecule has 2 fully saturated rings. The Morgan fingerprint density at radius 3 is 2.04 bits per heavy atom. The van der Waals surface area contributed by atoms with Crippen LogP contribution in [-0.4, -0.2) is 96.2 Å². The lowest BCUT2D eigenvalue weighted by molar-refractivity contribution is -0.130. The molecular weight excluding hydrogens is 685 g/mol. The van der Waals surface area contributed by atoms with E-state index in [2.05, 4.69) is 26.6 Å². The third-order valence-corrected chi connectivity index (χ3v) is 12.0. The Morgan fingerprint density at radius 1 is 0.863 bits per heavy atom. The van der Waals surface area contributed by atoms with Crippen molar-refractivity contribution < 1.29 is 24.3 Å². The van der Waals surface area contributed by atoms with Gasteiger partial charge in [-0.05, 0) is 73.4 Å². The summed E-state index contributed by atoms with van der Waals surface area (Å²) in [5.74, 6) is -1.10. The van der Waals surface area contributed by atoms with Gasteiger partial charge in [-0.2, -0.15) is 0 Å². The number of aliphatic hydroxyl groups is 1. The number of rotatable bonds is 13. The summed E-state index contributed by atoms with van der Waals surface area (Å²) < 4.78 is -1.07. The summed E-state index contributed by atoms with van der Waals surface area (Å²) in [5.41, 5.74) is 1.33. The van der Waals surface area contributed by atoms with Crippen LogP contribution in [0.25, 0.3) is 0 Å². The molecule has 5 atom stereocenters. The number of carbonyl (C=O) groups excluding carboxylic acids is 4. The second-order valence-electron chi connectivity index (χ2n) is 16.0. The lowest BCUT2D eigenvalue weighted by Gasteiger charge is -2.37. The maximum Gasteiger partial charge on any atom is 0.245 e. The van der Waals surface area contributed by atoms with Gasteiger partial charge in [0, 0.05) is 34.7 Å². The highest BCUT2D eigenvalue weighted by Crippen LogP contribution is 2.51. The minimum atomic E-state index is -0.966. The highest BCUT2D eigenvalue weighted by atomic mass is 32.2. The number of thioether (sulfide) groups is 2. The van der Waals surface area contributed by atoms with Gasteiger partial charge in [0.1, 0.15) is 18.1 Å². The summed E-state index contributed by atoms with van der Waals surface area (Å²) in [7, 11) is 0. The number of aliphatic hydroxyl groups excluding tert-OH is 1. The standard InChI is InChI=1S/C38H56N6O5S2/c1-35(2,3)43-33(49)30-37(6,7)51-38(8,9)44(30)23-26(45)22-40-32(48)29-36(4,5)50-34(42-29)28(31(47)39-21-25-18-14-11-15-19-25)41-27(46)20-24-16-12-10-13-17-24/h10-19,26,28-30,34,42,45H,20-23H2,1-9H3,(H,39,47)(H,40,48)(H,41,46)(H,43,49)/t26-,28+,29-,30?,34+/m0/s1. The fraction of sp³-hybridized carbons (Fsp3) is 0.579. The monoisotopic (exact) mass is 740 g/mol. The van der Waals surface area contributed by atoms with E-state index >= 15 is 0 Å². The minimum Gasteiger partial charge on any atom is -0.390 e. The Bertz CT molecular complexity index is 1530. The molecule has 51 heavy (non-hydrogen) atoms. The Morgan fingerprint density at radius 2 is 1.45 bits per heavy atom. The molecule has 0 bridgehead atoms. The lowest BCUT2D eigenvalue weighted by atomic mass is 9.97. The van der Waals surface area contributed by atoms with Gasteiger partial charge >= 0.3 is 0 Å². The topological polar surface area (TPSA) is 152 Å². The SMILES string of the molecule is CC(C)(C)NC(=O)C1N(C[C@@H](O)CNC(=O)[C@@H]2N[C@@H]([C@H](NC(=O)Cc3ccccc3)C(=O)NCc3ccccc3)SC2(C)C)C(C)(C)SC1(C)C. The van der Waals surface area contributed by atoms with Crippen LogP contribution in [-0.2, 0) is 32.1 Å². The summed E-state index contributed by atoms with van der Waals surface area (Å²) in [6, 6.07) is 16.6. The zero-order valence-electron chi connectivity index (χ0n) is 31.3. The van der Waals surface area contributed by atoms with Crippen LogP contribution in [0.2, 0.25) is 0 Å². The Hall–Kier alpha value is -3.10. The molecule has 2 aromatic carbocycles. The second-order valence-corrected chi connectivity index (χ2v) is 20.0. The predicted octanol–water partition coefficient (Wildman–Crippen LogP) is 3.16. The Kier molecular flexibility index (Phi) is 13.0. The number of β-amino-alcohol motifs (C(OH)–C–C–N with tert-alkyl or cyclic N) is 1. The van der Waals surface area contributed by atoms with Crippen molar-refractivity contribution in [3.63, 3.8) is 0 Å². The Balaban J connectivity index is 1.43. The third-order valence-electron chi connectivity index (χ3n) is 8.98. The molecule has 0 spiro atoms. The van der Waals surface area contributed by atoms with Crippen molar-refractivity contribution in [2.45, 2.75) is 125 Å². The van der Waals surface area contributed by atoms with Crippen LogP contribution in [0.4, 0.5) is 0 Å². The molecule has 2 aliphatic heterocycles. The molecule has 0 aromatic heterocycles. The molecule has 2 aromatic rings. The zero-order valence-corrected chi connectivity index (χ0v) is 33.0. The van der Waals surface area contributed by atoms with Crippen LogP contribution in [0.15, 0.2) is 60.7 Å². The van der Waals surface area contributed by atoms with E-state index in [9.17, 15) is 24.3 Å². The first kappa shape index (κ1) is 40.7. The van der Waals surface area contributed by atoms with E-state index in [4.69, 9.17) is 0 Å². The van der Waals surface area contributed by atoms with Crippen molar-refractivity contribution in [3.05, 3.63) is 71.8 Å². The number of amides is 4. The third kappa shape index (κ3) is 11.0. The van der Waals surface area contributed by atoms with Crippen molar-refractivity contribution in [2.24, 2.45) is 0 Å². The molecule has 13 heteroatoms. The van der Waals surface area contributed by atoms with E-state index in [1.807, 2.05) is 128 Å². The van der Waals surface area contributed by atoms with Crippen LogP contribution in [0.5, 0.6) is 0 Å². The van der Waals surface area contributed by atoms with Crippen LogP contribution in [0, 0.1) is 0 Å². The van der Waals surface area contributed by atoms with Crippen molar-refractivity contribution in [3.8, 4) is 0 Å². The van der Waals surface area contributed by atoms with Gasteiger partial charge in [0.05, 0.1) is 22.8 Å². The van der Waals surface area contributed by atoms with Crippen LogP contribution < -0.4 is 26.6 Å². The number of carbonyl (C=O) groups is 4. The summed E-state index contributed by atoms with van der Waals surface area (Å²) in [4.78, 5) is 55.7. The average molecular weight is 741 g/mol. The van der Waals surface area contributed by atoms with Crippen molar-refractivity contribution in [1.82, 2.24) is 31.5 Å². The molecule has 6 N–H and O–H groups in total. The first-order valence-electron chi connectivity index (χ1n) is 17.5. The van der Waals surface area contributed by atoms with Crippen LogP contribution >= 0.6 is 23.5 Å². The highest BCUT2D eigenvalue weighted by molar-refractivity contribution is 8.02. The fourth-order valence-electron chi connectivity index (χ4n) is 6.81. The highest BCUT2D eigenvalue weighted by Gasteiger charge is 2.55. The normalized spacial score (nSPS) is 23.5. The summed E-state index contributed by atoms with van der Waals surface area (Å²) in [5, 5.41) is 25.8. The lowest BCUT2D eigenvalue weighted by Crippen LogP contribution is -2.60. The molecule has 2 aliphatic rings. The van der Waals surface area contributed by atoms with Gasteiger partial charge in [-0.25, -0.2) is 0 Å². The first-order valence-corrected chi connectivity index (χ1v) is 19.2. The van der Waals surface area contributed by atoms with Gasteiger partial charge in [-0.1, -0.05) is 60.7 Å². The van der Waals surface area contributed by atoms with E-state index in [0.29, 0.717) is 0 Å². The first-order chi connectivity index (χ1) is 23.7. The molecule has 2 saturated heterocycles. The van der Waals surface area contributed by atoms with E-state index < -0.39 is 49.5 Å². The van der Waals surface area contributed by atoms with Crippen molar-refractivity contribution >= 4 is 47.2 Å². The average Bonchev–Trinajstić information content (AvgIpc) is 3.44. The largest absolute Gasteiger partial charge is 0.390 e. The maximum atomic E-state index is 13.7. The molecule has 11 nitrogen and oxygen atoms in total. The van der Waals surface area contributed by atoms with Gasteiger partial charge in [0.25, 0.3) is 0 Å². The molecule has 1 unspecified atom stereocenters. The predicted molar refractivity (Wildman–Crippen MR) is 206 cm³/mol. The molecule has 0 radical (unpaired) electrons. The molecule has 0 aliphatic carbocycles. The van der Waals surface area contributed by atoms with Crippen molar-refractivity contribution in [2.75, 3.05) is 13.1 Å². The Labute approximate surface area is 311 Å². The molecule has 0 saturated carbocycles. The molecule has 280 valence electrons. The van der Waals surface area contributed by atoms with E-state index in [-0.39, 0.29) is 49.7 Å². The quantitative estimate of drug-likeness (QED) is 0.182. The van der Waals surface area contributed by atoms with Gasteiger partial charge in [-0.15, -0.1) is 23.5 Å². The summed E-state index contributed by atoms with van der Waals surface area (Å²) in [6.07, 6.45) is -0.844. The number of hydrogen-bond donors (Lipinski definition) is 6. The van der Waals surface area contributed by atoms with E-state index in [0.717, 1.165) is 11.1 Å². The maximum absolute atomic E-state index is 13.7. The van der Waals surface area contributed by atoms with Gasteiger partial charge in [-0.3, -0.25) is 29.4 Å². The number of nitrogens with zero attached hydrogens (tertiary/aromatic N) is 1. The zero-order chi connectivity index (χ0) is 37.8. The molecule has 2 heterocycles. The van der Waals surface area contributed by atoms with Crippen molar-refractivity contribution in [1.29, 1.82) is 0 Å². The fourth-order valence-corrected chi connectivity index (χ4v) is 10.2. The number of benzene rings is 2. The van der Waals surface area contributed by atoms with Crippen LogP contribution in [0.3, 0.4) is 0 Å². The van der Waals surface area contributed by atoms with Crippen LogP contribution in [0.1, 0.15) is 73.4 Å². The van der Waals surface area contributed by atoms with Gasteiger partial charge < -0.3 is 26.4 Å². The second kappa shape index (κ2) is 16.3. The smallest absolute Gasteiger partial charge is 0.245 e. The summed E-state index contributed by atoms with van der Waals surface area (Å²) in [6.45, 7) is 18.3. The number of hydrogen-bond acceptors (Lipinski definition) is 9. The van der Waals surface area contributed by atoms with Gasteiger partial charge in [0.2, 0.25) is 23.6 Å². The van der Waals surface area contributed by atoms with Gasteiger partial charge in [0.15, 0.2) is 0 Å². The van der Waals surface area contributed by atoms with E-state index in [1.165, 1.54) is 11.8 Å². The van der Waals surface area contributed by atoms with E-state index in [1.54, 1.807) is 11.8 Å². The molecular formula is C38H56N6O5S2. The molecule has 4 rings (SSSR count). The number of nitrogens with one attached hydrogen (secondary N) is 5. The summed E-state index contributed by atoms with van der Waals surface area (Å²) >= 11 is 3.10. The molecule has 4 amide bonds.